The lowest BCUT2D eigenvalue weighted by molar-refractivity contribution is 0.0706. The van der Waals surface area contributed by atoms with Crippen LogP contribution < -0.4 is 9.47 Å². The van der Waals surface area contributed by atoms with Crippen LogP contribution >= 0.6 is 0 Å². The van der Waals surface area contributed by atoms with Gasteiger partial charge in [-0.15, -0.1) is 0 Å². The normalized spacial score (nSPS) is 26.6. The largest absolute Gasteiger partial charge is 0.450 e. The van der Waals surface area contributed by atoms with Crippen molar-refractivity contribution in [3.05, 3.63) is 47.9 Å². The molecule has 0 fully saturated rings. The Morgan fingerprint density at radius 2 is 1.25 bits per heavy atom. The van der Waals surface area contributed by atoms with E-state index in [1.807, 2.05) is 12.1 Å². The van der Waals surface area contributed by atoms with E-state index >= 15 is 0 Å². The van der Waals surface area contributed by atoms with E-state index in [2.05, 4.69) is 0 Å². The van der Waals surface area contributed by atoms with Crippen LogP contribution in [0.5, 0.6) is 11.5 Å². The van der Waals surface area contributed by atoms with E-state index in [1.165, 1.54) is 12.2 Å². The number of aliphatic hydroxyl groups is 2. The van der Waals surface area contributed by atoms with E-state index in [0.29, 0.717) is 23.0 Å². The van der Waals surface area contributed by atoms with Gasteiger partial charge in [0.15, 0.2) is 23.0 Å². The Kier molecular flexibility index (Phi) is 1.99. The van der Waals surface area contributed by atoms with Gasteiger partial charge in [-0.2, -0.15) is 0 Å². The Morgan fingerprint density at radius 3 is 1.69 bits per heavy atom. The Hall–Kier alpha value is -1.78. The summed E-state index contributed by atoms with van der Waals surface area (Å²) >= 11 is 0. The summed E-state index contributed by atoms with van der Waals surface area (Å²) in [6.45, 7) is 0. The zero-order valence-corrected chi connectivity index (χ0v) is 8.33. The van der Waals surface area contributed by atoms with E-state index in [0.717, 1.165) is 0 Å². The molecule has 4 nitrogen and oxygen atoms in total. The summed E-state index contributed by atoms with van der Waals surface area (Å²) in [5.41, 5.74) is 0. The van der Waals surface area contributed by atoms with Crippen LogP contribution in [-0.4, -0.2) is 22.4 Å². The van der Waals surface area contributed by atoms with E-state index in [9.17, 15) is 10.2 Å². The van der Waals surface area contributed by atoms with Gasteiger partial charge in [0.2, 0.25) is 0 Å². The predicted molar refractivity (Wildman–Crippen MR) is 55.9 cm³/mol. The fraction of sp³-hybridized carbons (Fsp3) is 0.167. The van der Waals surface area contributed by atoms with Crippen molar-refractivity contribution in [2.45, 2.75) is 12.2 Å². The van der Waals surface area contributed by atoms with Crippen molar-refractivity contribution in [1.29, 1.82) is 0 Å². The minimum Gasteiger partial charge on any atom is -0.450 e. The highest BCUT2D eigenvalue weighted by Gasteiger charge is 2.28. The molecule has 0 bridgehead atoms. The third-order valence-corrected chi connectivity index (χ3v) is 2.53. The van der Waals surface area contributed by atoms with Crippen molar-refractivity contribution in [1.82, 2.24) is 0 Å². The number of benzene rings is 1. The molecule has 2 atom stereocenters. The van der Waals surface area contributed by atoms with E-state index < -0.39 is 12.2 Å². The average Bonchev–Trinajstić information content (AvgIpc) is 2.28. The predicted octanol–water partition coefficient (Wildman–Crippen LogP) is 0.961. The molecule has 0 radical (unpaired) electrons. The highest BCUT2D eigenvalue weighted by atomic mass is 16.6. The first-order valence-electron chi connectivity index (χ1n) is 4.99. The third kappa shape index (κ3) is 1.39. The Morgan fingerprint density at radius 1 is 0.812 bits per heavy atom. The van der Waals surface area contributed by atoms with Gasteiger partial charge in [-0.1, -0.05) is 12.1 Å². The number of ether oxygens (including phenoxy) is 2. The maximum Gasteiger partial charge on any atom is 0.170 e. The summed E-state index contributed by atoms with van der Waals surface area (Å²) < 4.78 is 11.1. The number of fused-ring (bicyclic) bond motifs is 2. The number of hydrogen-bond donors (Lipinski definition) is 2. The van der Waals surface area contributed by atoms with Crippen molar-refractivity contribution >= 4 is 0 Å². The van der Waals surface area contributed by atoms with Gasteiger partial charge in [0.05, 0.1) is 0 Å². The number of rotatable bonds is 0. The van der Waals surface area contributed by atoms with Crippen molar-refractivity contribution in [2.24, 2.45) is 0 Å². The maximum atomic E-state index is 9.46. The van der Waals surface area contributed by atoms with Crippen LogP contribution in [-0.2, 0) is 0 Å². The first-order valence-corrected chi connectivity index (χ1v) is 4.99. The van der Waals surface area contributed by atoms with E-state index in [-0.39, 0.29) is 0 Å². The molecule has 16 heavy (non-hydrogen) atoms. The molecule has 0 amide bonds. The molecule has 2 aliphatic rings. The molecule has 0 saturated heterocycles. The fourth-order valence-electron chi connectivity index (χ4n) is 1.70. The standard InChI is InChI=1S/C12H10O4/c13-7-5-11-12(6-8(7)14)16-10-4-2-1-3-9(10)15-11/h1-8,13-14H. The van der Waals surface area contributed by atoms with Crippen LogP contribution in [0.1, 0.15) is 0 Å². The number of hydrogen-bond acceptors (Lipinski definition) is 4. The molecule has 82 valence electrons. The summed E-state index contributed by atoms with van der Waals surface area (Å²) in [4.78, 5) is 0. The summed E-state index contributed by atoms with van der Waals surface area (Å²) in [6.07, 6.45) is 0.978. The molecule has 2 unspecified atom stereocenters. The molecule has 4 heteroatoms. The number of para-hydroxylation sites is 2. The van der Waals surface area contributed by atoms with Crippen molar-refractivity contribution in [3.63, 3.8) is 0 Å². The first-order chi connectivity index (χ1) is 7.74. The minimum atomic E-state index is -0.951. The molecule has 0 spiro atoms. The van der Waals surface area contributed by atoms with Crippen LogP contribution in [0.4, 0.5) is 0 Å². The van der Waals surface area contributed by atoms with Crippen LogP contribution in [0.3, 0.4) is 0 Å². The van der Waals surface area contributed by atoms with Gasteiger partial charge in [0, 0.05) is 0 Å². The first kappa shape index (κ1) is 9.45. The highest BCUT2D eigenvalue weighted by Crippen LogP contribution is 2.38. The van der Waals surface area contributed by atoms with E-state index in [4.69, 9.17) is 9.47 Å². The molecule has 0 saturated carbocycles. The number of aliphatic hydroxyl groups excluding tert-OH is 2. The Labute approximate surface area is 92.0 Å². The average molecular weight is 218 g/mol. The molecule has 0 aromatic heterocycles. The van der Waals surface area contributed by atoms with Gasteiger partial charge in [0.1, 0.15) is 12.2 Å². The minimum absolute atomic E-state index is 0.441. The molecule has 2 N–H and O–H groups in total. The Balaban J connectivity index is 2.03. The SMILES string of the molecule is OC1C=C2Oc3ccccc3OC2=CC1O. The van der Waals surface area contributed by atoms with Gasteiger partial charge in [-0.25, -0.2) is 0 Å². The second-order valence-corrected chi connectivity index (χ2v) is 3.69. The van der Waals surface area contributed by atoms with E-state index in [1.54, 1.807) is 12.1 Å². The van der Waals surface area contributed by atoms with Crippen LogP contribution in [0.2, 0.25) is 0 Å². The second-order valence-electron chi connectivity index (χ2n) is 3.69. The lowest BCUT2D eigenvalue weighted by Crippen LogP contribution is -2.29. The van der Waals surface area contributed by atoms with Gasteiger partial charge < -0.3 is 19.7 Å². The third-order valence-electron chi connectivity index (χ3n) is 2.53. The van der Waals surface area contributed by atoms with Gasteiger partial charge in [0.25, 0.3) is 0 Å². The maximum absolute atomic E-state index is 9.46. The zero-order chi connectivity index (χ0) is 11.1. The topological polar surface area (TPSA) is 58.9 Å². The van der Waals surface area contributed by atoms with Gasteiger partial charge in [-0.3, -0.25) is 0 Å². The summed E-state index contributed by atoms with van der Waals surface area (Å²) in [6, 6.07) is 7.24. The summed E-state index contributed by atoms with van der Waals surface area (Å²) in [5, 5.41) is 18.9. The van der Waals surface area contributed by atoms with Crippen LogP contribution in [0, 0.1) is 0 Å². The quantitative estimate of drug-likeness (QED) is 0.681. The molecule has 1 heterocycles. The second kappa shape index (κ2) is 3.37. The summed E-state index contributed by atoms with van der Waals surface area (Å²) in [7, 11) is 0. The molecule has 1 aliphatic heterocycles. The zero-order valence-electron chi connectivity index (χ0n) is 8.33. The van der Waals surface area contributed by atoms with Crippen LogP contribution in [0.25, 0.3) is 0 Å². The molecule has 1 aliphatic carbocycles. The smallest absolute Gasteiger partial charge is 0.170 e. The lowest BCUT2D eigenvalue weighted by atomic mass is 10.1. The monoisotopic (exact) mass is 218 g/mol. The summed E-state index contributed by atoms with van der Waals surface area (Å²) in [5.74, 6) is 2.09. The van der Waals surface area contributed by atoms with Crippen LogP contribution in [0.15, 0.2) is 47.9 Å². The van der Waals surface area contributed by atoms with Crippen molar-refractivity contribution < 1.29 is 19.7 Å². The molecule has 1 aromatic carbocycles. The highest BCUT2D eigenvalue weighted by molar-refractivity contribution is 5.48. The Bertz CT molecular complexity index is 445. The molecular formula is C12H10O4. The molecular weight excluding hydrogens is 208 g/mol. The molecule has 3 rings (SSSR count). The van der Waals surface area contributed by atoms with Crippen molar-refractivity contribution in [2.75, 3.05) is 0 Å². The van der Waals surface area contributed by atoms with Gasteiger partial charge in [-0.05, 0) is 24.3 Å². The lowest BCUT2D eigenvalue weighted by Gasteiger charge is -2.27. The van der Waals surface area contributed by atoms with Crippen molar-refractivity contribution in [3.8, 4) is 11.5 Å². The molecule has 1 aromatic rings. The fourth-order valence-corrected chi connectivity index (χ4v) is 1.70. The van der Waals surface area contributed by atoms with Gasteiger partial charge >= 0.3 is 0 Å².